The molecule has 0 fully saturated rings. The van der Waals surface area contributed by atoms with E-state index in [1.807, 2.05) is 0 Å². The van der Waals surface area contributed by atoms with Gasteiger partial charge in [-0.05, 0) is 5.41 Å². The molecule has 0 heterocycles. The van der Waals surface area contributed by atoms with Crippen LogP contribution in [0.3, 0.4) is 0 Å². The summed E-state index contributed by atoms with van der Waals surface area (Å²) >= 11 is 0. The molecule has 0 aliphatic carbocycles. The van der Waals surface area contributed by atoms with Crippen LogP contribution in [0.1, 0.15) is 20.8 Å². The number of ether oxygens (including phenoxy) is 1. The number of hydrogen-bond acceptors (Lipinski definition) is 4. The van der Waals surface area contributed by atoms with Crippen molar-refractivity contribution in [3.05, 3.63) is 0 Å². The summed E-state index contributed by atoms with van der Waals surface area (Å²) in [7, 11) is 1.17. The summed E-state index contributed by atoms with van der Waals surface area (Å²) in [6, 6.07) is 0. The van der Waals surface area contributed by atoms with Gasteiger partial charge in [-0.1, -0.05) is 20.8 Å². The van der Waals surface area contributed by atoms with Gasteiger partial charge in [0, 0.05) is 0 Å². The summed E-state index contributed by atoms with van der Waals surface area (Å²) in [6.07, 6.45) is 0. The lowest BCUT2D eigenvalue weighted by atomic mass is 9.73. The standard InChI is InChI=1S/C8H16N2O3/c1-7(2,3)8(10,5(9)11)6(12)13-4/h10H2,1-4H3,(H2,9,11)/t8-/m0/s1. The Morgan fingerprint density at radius 2 is 1.62 bits per heavy atom. The number of hydrogen-bond donors (Lipinski definition) is 2. The normalized spacial score (nSPS) is 16.1. The molecule has 1 atom stereocenters. The van der Waals surface area contributed by atoms with Crippen molar-refractivity contribution in [3.8, 4) is 0 Å². The van der Waals surface area contributed by atoms with Gasteiger partial charge >= 0.3 is 5.97 Å². The molecule has 5 nitrogen and oxygen atoms in total. The predicted molar refractivity (Wildman–Crippen MR) is 47.6 cm³/mol. The van der Waals surface area contributed by atoms with E-state index in [0.717, 1.165) is 0 Å². The van der Waals surface area contributed by atoms with Gasteiger partial charge < -0.3 is 16.2 Å². The molecular formula is C8H16N2O3. The lowest BCUT2D eigenvalue weighted by molar-refractivity contribution is -0.156. The van der Waals surface area contributed by atoms with E-state index in [4.69, 9.17) is 11.5 Å². The summed E-state index contributed by atoms with van der Waals surface area (Å²) in [4.78, 5) is 22.3. The Morgan fingerprint density at radius 3 is 1.69 bits per heavy atom. The van der Waals surface area contributed by atoms with Crippen LogP contribution in [0.4, 0.5) is 0 Å². The molecule has 0 rings (SSSR count). The molecule has 4 N–H and O–H groups in total. The zero-order valence-electron chi connectivity index (χ0n) is 8.38. The molecule has 0 unspecified atom stereocenters. The molecule has 0 aromatic rings. The number of esters is 1. The summed E-state index contributed by atoms with van der Waals surface area (Å²) in [6.45, 7) is 4.94. The van der Waals surface area contributed by atoms with Crippen LogP contribution in [-0.2, 0) is 14.3 Å². The molecule has 0 saturated heterocycles. The Balaban J connectivity index is 5.20. The SMILES string of the molecule is COC(=O)[C@@](N)(C(N)=O)C(C)(C)C. The van der Waals surface area contributed by atoms with Crippen LogP contribution < -0.4 is 11.5 Å². The molecule has 1 amide bonds. The van der Waals surface area contributed by atoms with E-state index in [-0.39, 0.29) is 0 Å². The Bertz CT molecular complexity index is 232. The molecule has 0 bridgehead atoms. The van der Waals surface area contributed by atoms with Crippen LogP contribution in [0, 0.1) is 5.41 Å². The first kappa shape index (κ1) is 11.9. The Labute approximate surface area is 77.4 Å². The number of methoxy groups -OCH3 is 1. The third-order valence-corrected chi connectivity index (χ3v) is 2.08. The Kier molecular flexibility index (Phi) is 3.05. The zero-order valence-corrected chi connectivity index (χ0v) is 8.38. The second-order valence-corrected chi connectivity index (χ2v) is 3.91. The molecule has 5 heteroatoms. The fourth-order valence-corrected chi connectivity index (χ4v) is 0.937. The van der Waals surface area contributed by atoms with E-state index in [2.05, 4.69) is 4.74 Å². The monoisotopic (exact) mass is 188 g/mol. The highest BCUT2D eigenvalue weighted by molar-refractivity contribution is 6.07. The second kappa shape index (κ2) is 3.33. The molecular weight excluding hydrogens is 172 g/mol. The van der Waals surface area contributed by atoms with Crippen LogP contribution in [0.15, 0.2) is 0 Å². The van der Waals surface area contributed by atoms with Gasteiger partial charge in [0.2, 0.25) is 5.91 Å². The summed E-state index contributed by atoms with van der Waals surface area (Å²) in [5.74, 6) is -1.70. The van der Waals surface area contributed by atoms with Crippen LogP contribution in [0.25, 0.3) is 0 Å². The number of amides is 1. The van der Waals surface area contributed by atoms with Crippen molar-refractivity contribution >= 4 is 11.9 Å². The molecule has 0 aromatic carbocycles. The van der Waals surface area contributed by atoms with Crippen molar-refractivity contribution in [1.29, 1.82) is 0 Å². The van der Waals surface area contributed by atoms with E-state index in [1.165, 1.54) is 7.11 Å². The van der Waals surface area contributed by atoms with Gasteiger partial charge in [0.25, 0.3) is 0 Å². The topological polar surface area (TPSA) is 95.4 Å². The molecule has 0 aromatic heterocycles. The highest BCUT2D eigenvalue weighted by Crippen LogP contribution is 2.28. The van der Waals surface area contributed by atoms with Crippen molar-refractivity contribution in [3.63, 3.8) is 0 Å². The number of nitrogens with two attached hydrogens (primary N) is 2. The molecule has 0 saturated carbocycles. The summed E-state index contributed by atoms with van der Waals surface area (Å²) in [5.41, 5.74) is 8.14. The molecule has 0 radical (unpaired) electrons. The van der Waals surface area contributed by atoms with Crippen LogP contribution in [-0.4, -0.2) is 24.5 Å². The number of carbonyl (C=O) groups is 2. The number of carbonyl (C=O) groups excluding carboxylic acids is 2. The van der Waals surface area contributed by atoms with E-state index in [1.54, 1.807) is 20.8 Å². The predicted octanol–water partition coefficient (Wildman–Crippen LogP) is -0.612. The second-order valence-electron chi connectivity index (χ2n) is 3.91. The third-order valence-electron chi connectivity index (χ3n) is 2.08. The van der Waals surface area contributed by atoms with Crippen molar-refractivity contribution in [2.75, 3.05) is 7.11 Å². The molecule has 76 valence electrons. The average Bonchev–Trinajstić information content (AvgIpc) is 1.98. The van der Waals surface area contributed by atoms with E-state index in [0.29, 0.717) is 0 Å². The van der Waals surface area contributed by atoms with Gasteiger partial charge in [0.15, 0.2) is 5.54 Å². The minimum absolute atomic E-state index is 0.772. The van der Waals surface area contributed by atoms with Gasteiger partial charge in [0.05, 0.1) is 7.11 Å². The van der Waals surface area contributed by atoms with Crippen LogP contribution in [0.5, 0.6) is 0 Å². The largest absolute Gasteiger partial charge is 0.467 e. The van der Waals surface area contributed by atoms with E-state index >= 15 is 0 Å². The third kappa shape index (κ3) is 1.80. The van der Waals surface area contributed by atoms with Crippen molar-refractivity contribution in [2.45, 2.75) is 26.3 Å². The van der Waals surface area contributed by atoms with Gasteiger partial charge in [0.1, 0.15) is 0 Å². The lowest BCUT2D eigenvalue weighted by Gasteiger charge is -2.35. The summed E-state index contributed by atoms with van der Waals surface area (Å²) in [5, 5.41) is 0. The molecule has 0 aliphatic rings. The summed E-state index contributed by atoms with van der Waals surface area (Å²) < 4.78 is 4.44. The van der Waals surface area contributed by atoms with Gasteiger partial charge in [-0.15, -0.1) is 0 Å². The van der Waals surface area contributed by atoms with Gasteiger partial charge in [-0.2, -0.15) is 0 Å². The minimum atomic E-state index is -1.78. The van der Waals surface area contributed by atoms with E-state index < -0.39 is 22.8 Å². The fourth-order valence-electron chi connectivity index (χ4n) is 0.937. The maximum Gasteiger partial charge on any atom is 0.336 e. The lowest BCUT2D eigenvalue weighted by Crippen LogP contribution is -2.66. The van der Waals surface area contributed by atoms with Crippen molar-refractivity contribution < 1.29 is 14.3 Å². The van der Waals surface area contributed by atoms with Crippen molar-refractivity contribution in [1.82, 2.24) is 0 Å². The first-order valence-electron chi connectivity index (χ1n) is 3.85. The smallest absolute Gasteiger partial charge is 0.336 e. The molecule has 0 aliphatic heterocycles. The quantitative estimate of drug-likeness (QED) is 0.446. The van der Waals surface area contributed by atoms with Gasteiger partial charge in [-0.3, -0.25) is 4.79 Å². The Morgan fingerprint density at radius 1 is 1.23 bits per heavy atom. The van der Waals surface area contributed by atoms with Crippen LogP contribution in [0.2, 0.25) is 0 Å². The highest BCUT2D eigenvalue weighted by Gasteiger charge is 2.51. The Hall–Kier alpha value is -1.10. The molecule has 13 heavy (non-hydrogen) atoms. The minimum Gasteiger partial charge on any atom is -0.467 e. The maximum atomic E-state index is 11.3. The zero-order chi connectivity index (χ0) is 10.9. The average molecular weight is 188 g/mol. The fraction of sp³-hybridized carbons (Fsp3) is 0.750. The highest BCUT2D eigenvalue weighted by atomic mass is 16.5. The first-order chi connectivity index (χ1) is 5.67. The maximum absolute atomic E-state index is 11.3. The molecule has 0 spiro atoms. The van der Waals surface area contributed by atoms with E-state index in [9.17, 15) is 9.59 Å². The van der Waals surface area contributed by atoms with Crippen LogP contribution >= 0.6 is 0 Å². The van der Waals surface area contributed by atoms with Gasteiger partial charge in [-0.25, -0.2) is 4.79 Å². The number of rotatable bonds is 2. The van der Waals surface area contributed by atoms with Crippen molar-refractivity contribution in [2.24, 2.45) is 16.9 Å². The number of primary amides is 1. The first-order valence-corrected chi connectivity index (χ1v) is 3.85.